The van der Waals surface area contributed by atoms with E-state index in [0.29, 0.717) is 11.4 Å². The molecule has 1 unspecified atom stereocenters. The molecule has 0 saturated carbocycles. The van der Waals surface area contributed by atoms with Crippen molar-refractivity contribution in [3.05, 3.63) is 54.7 Å². The van der Waals surface area contributed by atoms with Gasteiger partial charge >= 0.3 is 0 Å². The van der Waals surface area contributed by atoms with Crippen LogP contribution in [0.15, 0.2) is 54.2 Å². The second kappa shape index (κ2) is 7.62. The maximum atomic E-state index is 14.1. The van der Waals surface area contributed by atoms with E-state index in [1.165, 1.54) is 6.92 Å². The fourth-order valence-corrected chi connectivity index (χ4v) is 2.34. The summed E-state index contributed by atoms with van der Waals surface area (Å²) in [7, 11) is 1.87. The maximum Gasteiger partial charge on any atom is 0.175 e. The number of thiol groups is 1. The van der Waals surface area contributed by atoms with Crippen LogP contribution in [0, 0.1) is 0 Å². The highest BCUT2D eigenvalue weighted by molar-refractivity contribution is 7.81. The Hall–Kier alpha value is -2.14. The molecule has 5 heteroatoms. The highest BCUT2D eigenvalue weighted by atomic mass is 32.1. The van der Waals surface area contributed by atoms with Crippen LogP contribution in [-0.4, -0.2) is 18.2 Å². The molecule has 1 heterocycles. The van der Waals surface area contributed by atoms with Crippen LogP contribution in [0.25, 0.3) is 11.3 Å². The Morgan fingerprint density at radius 3 is 2.75 bits per heavy atom. The van der Waals surface area contributed by atoms with Crippen LogP contribution in [0.3, 0.4) is 0 Å². The van der Waals surface area contributed by atoms with Crippen LogP contribution in [-0.2, 0) is 5.00 Å². The topological polar surface area (TPSA) is 28.5 Å². The average molecular weight is 343 g/mol. The highest BCUT2D eigenvalue weighted by Crippen LogP contribution is 2.34. The molecule has 0 spiro atoms. The summed E-state index contributed by atoms with van der Waals surface area (Å²) in [5.41, 5.74) is 2.84. The van der Waals surface area contributed by atoms with Crippen molar-refractivity contribution < 1.29 is 4.39 Å². The molecule has 0 bridgehead atoms. The number of aromatic nitrogens is 1. The van der Waals surface area contributed by atoms with Crippen molar-refractivity contribution in [2.75, 3.05) is 11.9 Å². The normalized spacial score (nSPS) is 13.7. The van der Waals surface area contributed by atoms with Gasteiger partial charge in [0.1, 0.15) is 5.69 Å². The fourth-order valence-electron chi connectivity index (χ4n) is 2.20. The molecule has 1 aromatic heterocycles. The van der Waals surface area contributed by atoms with Crippen molar-refractivity contribution >= 4 is 30.3 Å². The summed E-state index contributed by atoms with van der Waals surface area (Å²) >= 11 is 4.00. The van der Waals surface area contributed by atoms with Crippen molar-refractivity contribution in [2.45, 2.75) is 25.3 Å². The summed E-state index contributed by atoms with van der Waals surface area (Å²) in [6, 6.07) is 11.0. The molecule has 0 amide bonds. The molecule has 0 aliphatic heterocycles. The number of rotatable bonds is 6. The summed E-state index contributed by atoms with van der Waals surface area (Å²) in [5, 5.41) is -1.69. The third-order valence-electron chi connectivity index (χ3n) is 3.56. The van der Waals surface area contributed by atoms with E-state index in [4.69, 9.17) is 0 Å². The smallest absolute Gasteiger partial charge is 0.175 e. The van der Waals surface area contributed by atoms with Crippen LogP contribution in [0.1, 0.15) is 25.8 Å². The van der Waals surface area contributed by atoms with E-state index in [2.05, 4.69) is 29.2 Å². The van der Waals surface area contributed by atoms with Gasteiger partial charge in [0.05, 0.1) is 5.69 Å². The number of benzene rings is 1. The lowest BCUT2D eigenvalue weighted by Crippen LogP contribution is -2.10. The van der Waals surface area contributed by atoms with E-state index in [1.54, 1.807) is 24.4 Å². The summed E-state index contributed by atoms with van der Waals surface area (Å²) < 4.78 is 14.1. The van der Waals surface area contributed by atoms with Gasteiger partial charge in [-0.1, -0.05) is 31.7 Å². The van der Waals surface area contributed by atoms with E-state index >= 15 is 0 Å². The van der Waals surface area contributed by atoms with Crippen LogP contribution in [0.2, 0.25) is 0 Å². The molecule has 0 saturated heterocycles. The Bertz CT molecular complexity index is 751. The fraction of sp³-hybridized carbons (Fsp3) is 0.263. The standard InChI is InChI=1S/C19H22FN3S/c1-5-12-21-17-11-10-16(22-18(17)23(4)6-2)14-8-7-9-15(13-14)19(3,20)24/h6-13,24H,2,5H2,1,3-4H3. The van der Waals surface area contributed by atoms with Crippen LogP contribution >= 0.6 is 12.6 Å². The van der Waals surface area contributed by atoms with Gasteiger partial charge in [0, 0.05) is 18.8 Å². The molecule has 2 aromatic rings. The second-order valence-electron chi connectivity index (χ2n) is 5.59. The number of pyridine rings is 1. The molecule has 0 aliphatic rings. The van der Waals surface area contributed by atoms with Gasteiger partial charge in [-0.25, -0.2) is 9.37 Å². The summed E-state index contributed by atoms with van der Waals surface area (Å²) in [6.07, 6.45) is 4.37. The van der Waals surface area contributed by atoms with Crippen LogP contribution in [0.4, 0.5) is 15.9 Å². The molecule has 0 aliphatic carbocycles. The van der Waals surface area contributed by atoms with Crippen molar-refractivity contribution in [1.29, 1.82) is 0 Å². The van der Waals surface area contributed by atoms with Gasteiger partial charge < -0.3 is 4.90 Å². The number of hydrogen-bond acceptors (Lipinski definition) is 4. The second-order valence-corrected chi connectivity index (χ2v) is 6.43. The molecule has 0 radical (unpaired) electrons. The van der Waals surface area contributed by atoms with E-state index < -0.39 is 5.00 Å². The third-order valence-corrected chi connectivity index (χ3v) is 3.82. The zero-order valence-electron chi connectivity index (χ0n) is 14.2. The van der Waals surface area contributed by atoms with Crippen molar-refractivity contribution in [2.24, 2.45) is 4.99 Å². The minimum Gasteiger partial charge on any atom is -0.335 e. The largest absolute Gasteiger partial charge is 0.335 e. The zero-order chi connectivity index (χ0) is 17.7. The average Bonchev–Trinajstić information content (AvgIpc) is 2.58. The maximum absolute atomic E-state index is 14.1. The van der Waals surface area contributed by atoms with E-state index in [0.717, 1.165) is 23.4 Å². The first-order chi connectivity index (χ1) is 11.4. The Balaban J connectivity index is 2.52. The van der Waals surface area contributed by atoms with Crippen molar-refractivity contribution in [3.63, 3.8) is 0 Å². The molecule has 0 N–H and O–H groups in total. The number of hydrogen-bond donors (Lipinski definition) is 1. The van der Waals surface area contributed by atoms with Crippen LogP contribution in [0.5, 0.6) is 0 Å². The first-order valence-electron chi connectivity index (χ1n) is 7.78. The molecule has 24 heavy (non-hydrogen) atoms. The van der Waals surface area contributed by atoms with Crippen molar-refractivity contribution in [3.8, 4) is 11.3 Å². The highest BCUT2D eigenvalue weighted by Gasteiger charge is 2.20. The minimum absolute atomic E-state index is 0.497. The number of aliphatic imine (C=N–C) groups is 1. The Kier molecular flexibility index (Phi) is 5.78. The Morgan fingerprint density at radius 1 is 1.38 bits per heavy atom. The number of alkyl halides is 1. The number of halogens is 1. The third kappa shape index (κ3) is 4.23. The molecule has 1 aromatic carbocycles. The van der Waals surface area contributed by atoms with Gasteiger partial charge in [0.2, 0.25) is 0 Å². The predicted octanol–water partition coefficient (Wildman–Crippen LogP) is 5.51. The molecule has 0 fully saturated rings. The van der Waals surface area contributed by atoms with Gasteiger partial charge in [0.25, 0.3) is 0 Å². The van der Waals surface area contributed by atoms with Gasteiger partial charge in [0.15, 0.2) is 10.8 Å². The molecule has 3 nitrogen and oxygen atoms in total. The molecule has 2 rings (SSSR count). The molecule has 1 atom stereocenters. The quantitative estimate of drug-likeness (QED) is 0.553. The van der Waals surface area contributed by atoms with Gasteiger partial charge in [-0.3, -0.25) is 4.99 Å². The van der Waals surface area contributed by atoms with Gasteiger partial charge in [-0.05, 0) is 43.3 Å². The Labute approximate surface area is 148 Å². The predicted molar refractivity (Wildman–Crippen MR) is 104 cm³/mol. The van der Waals surface area contributed by atoms with Gasteiger partial charge in [-0.15, -0.1) is 12.6 Å². The van der Waals surface area contributed by atoms with E-state index in [-0.39, 0.29) is 0 Å². The lowest BCUT2D eigenvalue weighted by atomic mass is 10.0. The summed E-state index contributed by atoms with van der Waals surface area (Å²) in [5.74, 6) is 0.700. The number of nitrogens with zero attached hydrogens (tertiary/aromatic N) is 3. The molecule has 126 valence electrons. The van der Waals surface area contributed by atoms with Gasteiger partial charge in [-0.2, -0.15) is 0 Å². The first kappa shape index (κ1) is 18.2. The summed E-state index contributed by atoms with van der Waals surface area (Å²) in [4.78, 5) is 10.9. The lowest BCUT2D eigenvalue weighted by molar-refractivity contribution is 0.328. The van der Waals surface area contributed by atoms with Crippen molar-refractivity contribution in [1.82, 2.24) is 4.98 Å². The molecular weight excluding hydrogens is 321 g/mol. The molecular formula is C19H22FN3S. The lowest BCUT2D eigenvalue weighted by Gasteiger charge is -2.17. The summed E-state index contributed by atoms with van der Waals surface area (Å²) in [6.45, 7) is 7.23. The number of anilines is 1. The van der Waals surface area contributed by atoms with E-state index in [9.17, 15) is 4.39 Å². The van der Waals surface area contributed by atoms with Crippen LogP contribution < -0.4 is 4.90 Å². The SMILES string of the molecule is C=CN(C)c1nc(-c2cccc(C(C)(F)S)c2)ccc1N=CCC. The monoisotopic (exact) mass is 343 g/mol. The van der Waals surface area contributed by atoms with E-state index in [1.807, 2.05) is 43.3 Å². The Morgan fingerprint density at radius 2 is 2.12 bits per heavy atom. The zero-order valence-corrected chi connectivity index (χ0v) is 15.1. The first-order valence-corrected chi connectivity index (χ1v) is 8.22. The minimum atomic E-state index is -1.69.